The molecule has 1 saturated heterocycles. The van der Waals surface area contributed by atoms with Crippen molar-refractivity contribution in [3.63, 3.8) is 0 Å². The van der Waals surface area contributed by atoms with Crippen LogP contribution in [-0.2, 0) is 4.74 Å². The number of nitrogens with zero attached hydrogens (tertiary/aromatic N) is 2. The van der Waals surface area contributed by atoms with Gasteiger partial charge in [-0.1, -0.05) is 11.8 Å². The van der Waals surface area contributed by atoms with Crippen LogP contribution in [0.15, 0.2) is 17.4 Å². The van der Waals surface area contributed by atoms with Gasteiger partial charge >= 0.3 is 0 Å². The standard InChI is InChI=1S/C12H17N3OS/c13-10-11(15-6-5-14-10)17-9-2-7-16-12(8-9)3-1-4-12/h5-6,9H,1-4,7-8H2,(H2,13,14). The minimum atomic E-state index is 0.187. The van der Waals surface area contributed by atoms with Crippen molar-refractivity contribution in [1.82, 2.24) is 9.97 Å². The van der Waals surface area contributed by atoms with Crippen LogP contribution in [0.3, 0.4) is 0 Å². The molecular weight excluding hydrogens is 234 g/mol. The summed E-state index contributed by atoms with van der Waals surface area (Å²) in [5.41, 5.74) is 6.01. The fraction of sp³-hybridized carbons (Fsp3) is 0.667. The molecule has 1 aromatic rings. The molecule has 1 atom stereocenters. The number of nitrogens with two attached hydrogens (primary N) is 1. The minimum absolute atomic E-state index is 0.187. The fourth-order valence-electron chi connectivity index (χ4n) is 2.59. The van der Waals surface area contributed by atoms with Gasteiger partial charge in [0.25, 0.3) is 0 Å². The molecule has 1 unspecified atom stereocenters. The molecule has 0 amide bonds. The maximum atomic E-state index is 5.92. The minimum Gasteiger partial charge on any atom is -0.381 e. The molecule has 2 fully saturated rings. The highest BCUT2D eigenvalue weighted by Gasteiger charge is 2.42. The van der Waals surface area contributed by atoms with Crippen molar-refractivity contribution in [1.29, 1.82) is 0 Å². The van der Waals surface area contributed by atoms with E-state index in [9.17, 15) is 0 Å². The van der Waals surface area contributed by atoms with Crippen molar-refractivity contribution < 1.29 is 4.74 Å². The van der Waals surface area contributed by atoms with Crippen LogP contribution in [-0.4, -0.2) is 27.4 Å². The fourth-order valence-corrected chi connectivity index (χ4v) is 3.80. The highest BCUT2D eigenvalue weighted by molar-refractivity contribution is 8.00. The number of nitrogen functional groups attached to an aromatic ring is 1. The largest absolute Gasteiger partial charge is 0.381 e. The summed E-state index contributed by atoms with van der Waals surface area (Å²) in [5, 5.41) is 1.44. The van der Waals surface area contributed by atoms with E-state index in [1.807, 2.05) is 0 Å². The summed E-state index contributed by atoms with van der Waals surface area (Å²) in [4.78, 5) is 8.38. The monoisotopic (exact) mass is 251 g/mol. The second-order valence-electron chi connectivity index (χ2n) is 4.86. The summed E-state index contributed by atoms with van der Waals surface area (Å²) < 4.78 is 5.92. The Kier molecular flexibility index (Phi) is 2.96. The Balaban J connectivity index is 1.67. The Morgan fingerprint density at radius 3 is 2.88 bits per heavy atom. The second kappa shape index (κ2) is 4.46. The Hall–Kier alpha value is -0.810. The van der Waals surface area contributed by atoms with Crippen LogP contribution in [0.5, 0.6) is 0 Å². The van der Waals surface area contributed by atoms with E-state index >= 15 is 0 Å². The average Bonchev–Trinajstić information content (AvgIpc) is 2.31. The van der Waals surface area contributed by atoms with Crippen LogP contribution in [0, 0.1) is 0 Å². The lowest BCUT2D eigenvalue weighted by Crippen LogP contribution is -2.46. The van der Waals surface area contributed by atoms with Gasteiger partial charge in [0, 0.05) is 24.3 Å². The number of aromatic nitrogens is 2. The molecule has 1 spiro atoms. The predicted molar refractivity (Wildman–Crippen MR) is 67.9 cm³/mol. The number of hydrogen-bond acceptors (Lipinski definition) is 5. The quantitative estimate of drug-likeness (QED) is 0.873. The molecule has 1 aromatic heterocycles. The van der Waals surface area contributed by atoms with Crippen molar-refractivity contribution in [2.45, 2.75) is 48.0 Å². The van der Waals surface area contributed by atoms with E-state index in [1.54, 1.807) is 24.2 Å². The lowest BCUT2D eigenvalue weighted by Gasteiger charge is -2.47. The predicted octanol–water partition coefficient (Wildman–Crippen LogP) is 2.25. The van der Waals surface area contributed by atoms with Crippen LogP contribution in [0.25, 0.3) is 0 Å². The van der Waals surface area contributed by atoms with Gasteiger partial charge in [-0.15, -0.1) is 0 Å². The van der Waals surface area contributed by atoms with Gasteiger partial charge in [-0.25, -0.2) is 9.97 Å². The molecule has 2 aliphatic rings. The Morgan fingerprint density at radius 2 is 2.18 bits per heavy atom. The van der Waals surface area contributed by atoms with E-state index < -0.39 is 0 Å². The van der Waals surface area contributed by atoms with Crippen LogP contribution < -0.4 is 5.73 Å². The molecular formula is C12H17N3OS. The summed E-state index contributed by atoms with van der Waals surface area (Å²) in [5.74, 6) is 0.548. The van der Waals surface area contributed by atoms with Gasteiger partial charge in [0.1, 0.15) is 5.03 Å². The zero-order valence-corrected chi connectivity index (χ0v) is 10.6. The van der Waals surface area contributed by atoms with E-state index in [-0.39, 0.29) is 5.60 Å². The zero-order valence-electron chi connectivity index (χ0n) is 9.76. The first-order chi connectivity index (χ1) is 8.27. The Bertz CT molecular complexity index is 408. The smallest absolute Gasteiger partial charge is 0.156 e. The van der Waals surface area contributed by atoms with Crippen molar-refractivity contribution >= 4 is 17.6 Å². The molecule has 1 aliphatic heterocycles. The normalized spacial score (nSPS) is 26.7. The third-order valence-electron chi connectivity index (χ3n) is 3.68. The van der Waals surface area contributed by atoms with Gasteiger partial charge in [-0.3, -0.25) is 0 Å². The summed E-state index contributed by atoms with van der Waals surface area (Å²) in [6.07, 6.45) is 9.31. The molecule has 3 rings (SSSR count). The van der Waals surface area contributed by atoms with Crippen LogP contribution in [0.2, 0.25) is 0 Å². The van der Waals surface area contributed by atoms with E-state index in [0.29, 0.717) is 11.1 Å². The van der Waals surface area contributed by atoms with Crippen LogP contribution >= 0.6 is 11.8 Å². The van der Waals surface area contributed by atoms with E-state index in [1.165, 1.54) is 19.3 Å². The van der Waals surface area contributed by atoms with E-state index in [2.05, 4.69) is 9.97 Å². The highest BCUT2D eigenvalue weighted by Crippen LogP contribution is 2.46. The SMILES string of the molecule is Nc1nccnc1SC1CCOC2(CCC2)C1. The summed E-state index contributed by atoms with van der Waals surface area (Å²) >= 11 is 1.76. The third-order valence-corrected chi connectivity index (χ3v) is 4.96. The van der Waals surface area contributed by atoms with Crippen LogP contribution in [0.4, 0.5) is 5.82 Å². The Morgan fingerprint density at radius 1 is 1.35 bits per heavy atom. The topological polar surface area (TPSA) is 61.0 Å². The number of ether oxygens (including phenoxy) is 1. The Labute approximate surface area is 105 Å². The van der Waals surface area contributed by atoms with Gasteiger partial charge in [-0.2, -0.15) is 0 Å². The van der Waals surface area contributed by atoms with Crippen LogP contribution in [0.1, 0.15) is 32.1 Å². The number of rotatable bonds is 2. The average molecular weight is 251 g/mol. The van der Waals surface area contributed by atoms with Crippen molar-refractivity contribution in [3.05, 3.63) is 12.4 Å². The lowest BCUT2D eigenvalue weighted by molar-refractivity contribution is -0.125. The maximum Gasteiger partial charge on any atom is 0.156 e. The second-order valence-corrected chi connectivity index (χ2v) is 6.15. The molecule has 17 heavy (non-hydrogen) atoms. The summed E-state index contributed by atoms with van der Waals surface area (Å²) in [6.45, 7) is 0.873. The van der Waals surface area contributed by atoms with Gasteiger partial charge in [0.2, 0.25) is 0 Å². The maximum absolute atomic E-state index is 5.92. The van der Waals surface area contributed by atoms with Crippen molar-refractivity contribution in [2.24, 2.45) is 0 Å². The van der Waals surface area contributed by atoms with Crippen molar-refractivity contribution in [2.75, 3.05) is 12.3 Å². The number of anilines is 1. The zero-order chi connectivity index (χ0) is 11.7. The van der Waals surface area contributed by atoms with Gasteiger partial charge < -0.3 is 10.5 Å². The number of hydrogen-bond donors (Lipinski definition) is 1. The molecule has 5 heteroatoms. The van der Waals surface area contributed by atoms with Gasteiger partial charge in [0.15, 0.2) is 5.82 Å². The molecule has 2 N–H and O–H groups in total. The molecule has 1 saturated carbocycles. The molecule has 4 nitrogen and oxygen atoms in total. The third kappa shape index (κ3) is 2.26. The molecule has 2 heterocycles. The van der Waals surface area contributed by atoms with E-state index in [0.717, 1.165) is 24.5 Å². The molecule has 92 valence electrons. The van der Waals surface area contributed by atoms with Gasteiger partial charge in [0.05, 0.1) is 5.60 Å². The summed E-state index contributed by atoms with van der Waals surface area (Å²) in [6, 6.07) is 0. The van der Waals surface area contributed by atoms with E-state index in [4.69, 9.17) is 10.5 Å². The van der Waals surface area contributed by atoms with Gasteiger partial charge in [-0.05, 0) is 32.1 Å². The first-order valence-corrected chi connectivity index (χ1v) is 7.03. The molecule has 0 aromatic carbocycles. The first kappa shape index (κ1) is 11.3. The number of thioether (sulfide) groups is 1. The highest BCUT2D eigenvalue weighted by atomic mass is 32.2. The lowest BCUT2D eigenvalue weighted by atomic mass is 9.75. The van der Waals surface area contributed by atoms with Crippen molar-refractivity contribution in [3.8, 4) is 0 Å². The first-order valence-electron chi connectivity index (χ1n) is 6.15. The molecule has 1 aliphatic carbocycles. The molecule has 0 radical (unpaired) electrons. The molecule has 0 bridgehead atoms. The summed E-state index contributed by atoms with van der Waals surface area (Å²) in [7, 11) is 0.